The maximum absolute atomic E-state index is 12.1. The van der Waals surface area contributed by atoms with E-state index < -0.39 is 0 Å². The van der Waals surface area contributed by atoms with E-state index in [0.717, 1.165) is 47.3 Å². The number of aromatic nitrogens is 1. The number of rotatable bonds is 1. The van der Waals surface area contributed by atoms with Gasteiger partial charge in [0.15, 0.2) is 0 Å². The van der Waals surface area contributed by atoms with Crippen LogP contribution in [0.25, 0.3) is 10.9 Å². The van der Waals surface area contributed by atoms with Crippen LogP contribution >= 0.6 is 11.6 Å². The van der Waals surface area contributed by atoms with Gasteiger partial charge in [-0.2, -0.15) is 0 Å². The van der Waals surface area contributed by atoms with Crippen molar-refractivity contribution in [2.24, 2.45) is 7.05 Å². The first-order valence-electron chi connectivity index (χ1n) is 6.44. The van der Waals surface area contributed by atoms with E-state index in [1.807, 2.05) is 25.2 Å². The molecule has 1 heterocycles. The summed E-state index contributed by atoms with van der Waals surface area (Å²) in [6, 6.07) is 8.03. The molecular formula is C15H16ClNO. The van der Waals surface area contributed by atoms with Gasteiger partial charge in [-0.3, -0.25) is 4.79 Å². The van der Waals surface area contributed by atoms with Gasteiger partial charge in [0.25, 0.3) is 0 Å². The Hall–Kier alpha value is -1.28. The Morgan fingerprint density at radius 1 is 1.28 bits per heavy atom. The second-order valence-electron chi connectivity index (χ2n) is 5.10. The monoisotopic (exact) mass is 261 g/mol. The Morgan fingerprint density at radius 2 is 2.11 bits per heavy atom. The minimum atomic E-state index is 0.0786. The van der Waals surface area contributed by atoms with Crippen LogP contribution in [-0.4, -0.2) is 10.4 Å². The lowest BCUT2D eigenvalue weighted by Gasteiger charge is -2.21. The van der Waals surface area contributed by atoms with E-state index in [-0.39, 0.29) is 5.92 Å². The number of nitrogens with zero attached hydrogens (tertiary/aromatic N) is 1. The molecule has 0 amide bonds. The van der Waals surface area contributed by atoms with E-state index in [9.17, 15) is 4.79 Å². The van der Waals surface area contributed by atoms with Crippen LogP contribution in [0.4, 0.5) is 0 Å². The van der Waals surface area contributed by atoms with Crippen LogP contribution in [0.1, 0.15) is 37.3 Å². The highest BCUT2D eigenvalue weighted by Crippen LogP contribution is 2.33. The topological polar surface area (TPSA) is 22.0 Å². The van der Waals surface area contributed by atoms with E-state index >= 15 is 0 Å². The summed E-state index contributed by atoms with van der Waals surface area (Å²) in [5.41, 5.74) is 2.24. The summed E-state index contributed by atoms with van der Waals surface area (Å²) in [6.07, 6.45) is 3.91. The summed E-state index contributed by atoms with van der Waals surface area (Å²) in [5.74, 6) is 0.466. The average molecular weight is 262 g/mol. The third-order valence-corrected chi connectivity index (χ3v) is 4.19. The molecule has 1 atom stereocenters. The van der Waals surface area contributed by atoms with Crippen LogP contribution in [0.3, 0.4) is 0 Å². The average Bonchev–Trinajstić information content (AvgIpc) is 2.68. The summed E-state index contributed by atoms with van der Waals surface area (Å²) in [5, 5.41) is 1.90. The zero-order chi connectivity index (χ0) is 12.7. The summed E-state index contributed by atoms with van der Waals surface area (Å²) < 4.78 is 2.12. The molecular weight excluding hydrogens is 246 g/mol. The fraction of sp³-hybridized carbons (Fsp3) is 0.400. The summed E-state index contributed by atoms with van der Waals surface area (Å²) in [7, 11) is 2.02. The minimum absolute atomic E-state index is 0.0786. The standard InChI is InChI=1S/C15H16ClNO/c1-17-13-9-11(16)7-6-10(13)8-14(17)12-4-2-3-5-15(12)18/h6-9,12H,2-5H2,1H3. The van der Waals surface area contributed by atoms with Crippen LogP contribution in [0.2, 0.25) is 5.02 Å². The van der Waals surface area contributed by atoms with Crippen molar-refractivity contribution in [1.82, 2.24) is 4.57 Å². The molecule has 0 bridgehead atoms. The molecule has 1 aliphatic rings. The van der Waals surface area contributed by atoms with E-state index in [1.165, 1.54) is 0 Å². The lowest BCUT2D eigenvalue weighted by atomic mass is 9.85. The fourth-order valence-corrected chi connectivity index (χ4v) is 3.12. The van der Waals surface area contributed by atoms with Crippen molar-refractivity contribution in [3.05, 3.63) is 35.0 Å². The molecule has 0 N–H and O–H groups in total. The maximum Gasteiger partial charge on any atom is 0.141 e. The quantitative estimate of drug-likeness (QED) is 0.759. The number of halogens is 1. The van der Waals surface area contributed by atoms with Crippen LogP contribution in [-0.2, 0) is 11.8 Å². The number of hydrogen-bond donors (Lipinski definition) is 0. The van der Waals surface area contributed by atoms with Gasteiger partial charge >= 0.3 is 0 Å². The molecule has 18 heavy (non-hydrogen) atoms. The second-order valence-corrected chi connectivity index (χ2v) is 5.53. The minimum Gasteiger partial charge on any atom is -0.347 e. The molecule has 1 aromatic carbocycles. The molecule has 0 spiro atoms. The Bertz CT molecular complexity index is 614. The van der Waals surface area contributed by atoms with Crippen molar-refractivity contribution in [2.45, 2.75) is 31.6 Å². The van der Waals surface area contributed by atoms with E-state index in [0.29, 0.717) is 5.78 Å². The summed E-state index contributed by atoms with van der Waals surface area (Å²) >= 11 is 6.03. The molecule has 0 aliphatic heterocycles. The van der Waals surface area contributed by atoms with E-state index in [1.54, 1.807) is 0 Å². The Kier molecular flexibility index (Phi) is 2.90. The molecule has 2 nitrogen and oxygen atoms in total. The van der Waals surface area contributed by atoms with Crippen LogP contribution in [0.5, 0.6) is 0 Å². The zero-order valence-electron chi connectivity index (χ0n) is 10.4. The number of Topliss-reactive ketones (excluding diaryl/α,β-unsaturated/α-hetero) is 1. The molecule has 1 saturated carbocycles. The highest BCUT2D eigenvalue weighted by molar-refractivity contribution is 6.31. The number of fused-ring (bicyclic) bond motifs is 1. The van der Waals surface area contributed by atoms with Crippen molar-refractivity contribution < 1.29 is 4.79 Å². The molecule has 0 radical (unpaired) electrons. The largest absolute Gasteiger partial charge is 0.347 e. The van der Waals surface area contributed by atoms with Crippen molar-refractivity contribution in [2.75, 3.05) is 0 Å². The SMILES string of the molecule is Cn1c(C2CCCCC2=O)cc2ccc(Cl)cc21. The van der Waals surface area contributed by atoms with Crippen molar-refractivity contribution in [1.29, 1.82) is 0 Å². The fourth-order valence-electron chi connectivity index (χ4n) is 2.95. The zero-order valence-corrected chi connectivity index (χ0v) is 11.2. The van der Waals surface area contributed by atoms with Gasteiger partial charge in [0.05, 0.1) is 5.92 Å². The predicted octanol–water partition coefficient (Wildman–Crippen LogP) is 4.06. The summed E-state index contributed by atoms with van der Waals surface area (Å²) in [6.45, 7) is 0. The molecule has 94 valence electrons. The predicted molar refractivity (Wildman–Crippen MR) is 74.1 cm³/mol. The normalized spacial score (nSPS) is 20.6. The van der Waals surface area contributed by atoms with Crippen LogP contribution < -0.4 is 0 Å². The smallest absolute Gasteiger partial charge is 0.141 e. The first-order chi connectivity index (χ1) is 8.66. The lowest BCUT2D eigenvalue weighted by Crippen LogP contribution is -2.19. The molecule has 2 aromatic rings. The molecule has 1 unspecified atom stereocenters. The summed E-state index contributed by atoms with van der Waals surface area (Å²) in [4.78, 5) is 12.1. The number of benzene rings is 1. The third-order valence-electron chi connectivity index (χ3n) is 3.96. The number of carbonyl (C=O) groups is 1. The molecule has 1 fully saturated rings. The third kappa shape index (κ3) is 1.85. The Morgan fingerprint density at radius 3 is 2.89 bits per heavy atom. The molecule has 3 rings (SSSR count). The van der Waals surface area contributed by atoms with Crippen LogP contribution in [0, 0.1) is 0 Å². The highest BCUT2D eigenvalue weighted by atomic mass is 35.5. The molecule has 3 heteroatoms. The lowest BCUT2D eigenvalue weighted by molar-refractivity contribution is -0.122. The Balaban J connectivity index is 2.11. The van der Waals surface area contributed by atoms with Gasteiger partial charge in [-0.15, -0.1) is 0 Å². The van der Waals surface area contributed by atoms with Gasteiger partial charge in [0.1, 0.15) is 5.78 Å². The molecule has 1 aliphatic carbocycles. The van der Waals surface area contributed by atoms with Gasteiger partial charge < -0.3 is 4.57 Å². The molecule has 0 saturated heterocycles. The van der Waals surface area contributed by atoms with Gasteiger partial charge in [0.2, 0.25) is 0 Å². The number of ketones is 1. The number of aryl methyl sites for hydroxylation is 1. The number of carbonyl (C=O) groups excluding carboxylic acids is 1. The van der Waals surface area contributed by atoms with Gasteiger partial charge in [-0.25, -0.2) is 0 Å². The maximum atomic E-state index is 12.1. The number of hydrogen-bond acceptors (Lipinski definition) is 1. The Labute approximate surface area is 112 Å². The molecule has 1 aromatic heterocycles. The van der Waals surface area contributed by atoms with Gasteiger partial charge in [-0.05, 0) is 36.4 Å². The van der Waals surface area contributed by atoms with Crippen molar-refractivity contribution in [3.8, 4) is 0 Å². The van der Waals surface area contributed by atoms with Gasteiger partial charge in [0, 0.05) is 29.7 Å². The van der Waals surface area contributed by atoms with Crippen molar-refractivity contribution in [3.63, 3.8) is 0 Å². The van der Waals surface area contributed by atoms with E-state index in [4.69, 9.17) is 11.6 Å². The van der Waals surface area contributed by atoms with Crippen molar-refractivity contribution >= 4 is 28.3 Å². The second kappa shape index (κ2) is 4.43. The van der Waals surface area contributed by atoms with Gasteiger partial charge in [-0.1, -0.05) is 24.1 Å². The first-order valence-corrected chi connectivity index (χ1v) is 6.82. The van der Waals surface area contributed by atoms with E-state index in [2.05, 4.69) is 10.6 Å². The first kappa shape index (κ1) is 11.8. The van der Waals surface area contributed by atoms with Crippen LogP contribution in [0.15, 0.2) is 24.3 Å². The highest BCUT2D eigenvalue weighted by Gasteiger charge is 2.26.